The number of carbonyl (C=O) groups is 1. The van der Waals surface area contributed by atoms with Gasteiger partial charge in [0, 0.05) is 18.0 Å². The number of aliphatic imine (C=N–C) groups is 1. The van der Waals surface area contributed by atoms with E-state index in [0.29, 0.717) is 25.5 Å². The monoisotopic (exact) mass is 228 g/mol. The third-order valence-electron chi connectivity index (χ3n) is 1.75. The Morgan fingerprint density at radius 2 is 2.38 bits per heavy atom. The Bertz CT molecular complexity index is 295. The summed E-state index contributed by atoms with van der Waals surface area (Å²) in [5.74, 6) is -0.792. The molecule has 0 saturated heterocycles. The van der Waals surface area contributed by atoms with Crippen LogP contribution in [0.25, 0.3) is 10.4 Å². The van der Waals surface area contributed by atoms with Crippen molar-refractivity contribution >= 4 is 11.9 Å². The number of aliphatic carboxylic acids is 1. The molecule has 0 rings (SSSR count). The Hall–Kier alpha value is -1.95. The van der Waals surface area contributed by atoms with E-state index in [2.05, 4.69) is 20.3 Å². The van der Waals surface area contributed by atoms with Gasteiger partial charge in [-0.05, 0) is 25.3 Å². The summed E-state index contributed by atoms with van der Waals surface area (Å²) in [5.41, 5.74) is 13.6. The third kappa shape index (κ3) is 6.50. The van der Waals surface area contributed by atoms with Crippen LogP contribution in [0.2, 0.25) is 0 Å². The Kier molecular flexibility index (Phi) is 7.35. The number of nitrogens with zero attached hydrogens (tertiary/aromatic N) is 4. The maximum absolute atomic E-state index is 10.6. The molecule has 0 aliphatic rings. The van der Waals surface area contributed by atoms with Gasteiger partial charge in [-0.25, -0.2) is 0 Å². The number of azide groups is 1. The van der Waals surface area contributed by atoms with E-state index >= 15 is 0 Å². The molecule has 90 valence electrons. The van der Waals surface area contributed by atoms with Gasteiger partial charge in [0.25, 0.3) is 0 Å². The van der Waals surface area contributed by atoms with E-state index in [0.717, 1.165) is 0 Å². The van der Waals surface area contributed by atoms with Crippen molar-refractivity contribution in [2.24, 2.45) is 15.8 Å². The van der Waals surface area contributed by atoms with Crippen molar-refractivity contribution in [3.8, 4) is 0 Å². The van der Waals surface area contributed by atoms with Gasteiger partial charge in [0.05, 0.1) is 0 Å². The molecule has 0 amide bonds. The molecule has 1 atom stereocenters. The number of rotatable bonds is 7. The zero-order valence-corrected chi connectivity index (χ0v) is 9.13. The predicted molar refractivity (Wildman–Crippen MR) is 60.0 cm³/mol. The summed E-state index contributed by atoms with van der Waals surface area (Å²) in [5, 5.41) is 14.6. The molecule has 0 radical (unpaired) electrons. The van der Waals surface area contributed by atoms with Crippen molar-refractivity contribution in [1.82, 2.24) is 5.32 Å². The Morgan fingerprint density at radius 1 is 1.69 bits per heavy atom. The van der Waals surface area contributed by atoms with Crippen LogP contribution >= 0.6 is 0 Å². The molecule has 8 nitrogen and oxygen atoms in total. The van der Waals surface area contributed by atoms with Crippen molar-refractivity contribution in [2.45, 2.75) is 25.8 Å². The van der Waals surface area contributed by atoms with Crippen LogP contribution in [0.5, 0.6) is 0 Å². The SMILES string of the molecule is CCNC(N)=NCCC[C@H](N=[N+]=[N-])C(=O)O. The second-order valence-electron chi connectivity index (χ2n) is 3.00. The first-order valence-electron chi connectivity index (χ1n) is 4.92. The number of carboxylic acid groups (broad SMARTS) is 1. The Labute approximate surface area is 93.2 Å². The summed E-state index contributed by atoms with van der Waals surface area (Å²) in [7, 11) is 0. The quantitative estimate of drug-likeness (QED) is 0.145. The van der Waals surface area contributed by atoms with Crippen LogP contribution in [0.15, 0.2) is 10.1 Å². The molecule has 0 bridgehead atoms. The summed E-state index contributed by atoms with van der Waals surface area (Å²) in [6.45, 7) is 2.99. The van der Waals surface area contributed by atoms with Crippen LogP contribution in [-0.4, -0.2) is 36.2 Å². The lowest BCUT2D eigenvalue weighted by Crippen LogP contribution is -2.31. The summed E-state index contributed by atoms with van der Waals surface area (Å²) in [4.78, 5) is 17.0. The molecule has 0 aromatic rings. The maximum atomic E-state index is 10.6. The number of nitrogens with two attached hydrogens (primary N) is 1. The standard InChI is InChI=1S/C8H16N6O2/c1-2-11-8(9)12-5-3-4-6(7(15)16)13-14-10/h6H,2-5H2,1H3,(H,15,16)(H3,9,11,12)/t6-/m0/s1. The first-order chi connectivity index (χ1) is 7.61. The third-order valence-corrected chi connectivity index (χ3v) is 1.75. The lowest BCUT2D eigenvalue weighted by molar-refractivity contribution is -0.138. The number of hydrogen-bond acceptors (Lipinski definition) is 3. The highest BCUT2D eigenvalue weighted by atomic mass is 16.4. The smallest absolute Gasteiger partial charge is 0.312 e. The first-order valence-corrected chi connectivity index (χ1v) is 4.92. The summed E-state index contributed by atoms with van der Waals surface area (Å²) in [6, 6.07) is -1.03. The summed E-state index contributed by atoms with van der Waals surface area (Å²) < 4.78 is 0. The van der Waals surface area contributed by atoms with E-state index in [-0.39, 0.29) is 6.42 Å². The van der Waals surface area contributed by atoms with Crippen molar-refractivity contribution in [2.75, 3.05) is 13.1 Å². The molecule has 0 aliphatic carbocycles. The van der Waals surface area contributed by atoms with Crippen molar-refractivity contribution in [3.63, 3.8) is 0 Å². The van der Waals surface area contributed by atoms with Crippen LogP contribution in [0.1, 0.15) is 19.8 Å². The van der Waals surface area contributed by atoms with Gasteiger partial charge in [-0.1, -0.05) is 5.11 Å². The average molecular weight is 228 g/mol. The van der Waals surface area contributed by atoms with Crippen LogP contribution < -0.4 is 11.1 Å². The van der Waals surface area contributed by atoms with Crippen molar-refractivity contribution in [1.29, 1.82) is 0 Å². The fourth-order valence-electron chi connectivity index (χ4n) is 1.01. The molecule has 0 heterocycles. The average Bonchev–Trinajstić information content (AvgIpc) is 2.22. The lowest BCUT2D eigenvalue weighted by Gasteiger charge is -2.04. The second-order valence-corrected chi connectivity index (χ2v) is 3.00. The van der Waals surface area contributed by atoms with E-state index in [1.54, 1.807) is 0 Å². The fourth-order valence-corrected chi connectivity index (χ4v) is 1.01. The Morgan fingerprint density at radius 3 is 2.88 bits per heavy atom. The van der Waals surface area contributed by atoms with Gasteiger partial charge in [0.15, 0.2) is 5.96 Å². The molecule has 8 heteroatoms. The molecular weight excluding hydrogens is 212 g/mol. The normalized spacial score (nSPS) is 12.7. The number of hydrogen-bond donors (Lipinski definition) is 3. The van der Waals surface area contributed by atoms with Crippen LogP contribution in [-0.2, 0) is 4.79 Å². The van der Waals surface area contributed by atoms with E-state index in [9.17, 15) is 4.79 Å². The van der Waals surface area contributed by atoms with E-state index in [4.69, 9.17) is 16.4 Å². The largest absolute Gasteiger partial charge is 0.481 e. The van der Waals surface area contributed by atoms with Gasteiger partial charge in [0.2, 0.25) is 0 Å². The minimum atomic E-state index is -1.12. The number of guanidine groups is 1. The fraction of sp³-hybridized carbons (Fsp3) is 0.750. The molecule has 0 saturated carbocycles. The van der Waals surface area contributed by atoms with E-state index in [1.807, 2.05) is 6.92 Å². The van der Waals surface area contributed by atoms with E-state index < -0.39 is 12.0 Å². The highest BCUT2D eigenvalue weighted by molar-refractivity contribution is 5.77. The van der Waals surface area contributed by atoms with Gasteiger partial charge < -0.3 is 16.2 Å². The van der Waals surface area contributed by atoms with Crippen molar-refractivity contribution < 1.29 is 9.90 Å². The molecule has 0 aromatic carbocycles. The molecule has 0 spiro atoms. The molecular formula is C8H16N6O2. The first kappa shape index (κ1) is 14.1. The highest BCUT2D eigenvalue weighted by Gasteiger charge is 2.14. The zero-order chi connectivity index (χ0) is 12.4. The topological polar surface area (TPSA) is 136 Å². The highest BCUT2D eigenvalue weighted by Crippen LogP contribution is 2.03. The number of nitrogens with one attached hydrogen (secondary N) is 1. The predicted octanol–water partition coefficient (Wildman–Crippen LogP) is 0.454. The summed E-state index contributed by atoms with van der Waals surface area (Å²) >= 11 is 0. The molecule has 0 fully saturated rings. The molecule has 16 heavy (non-hydrogen) atoms. The maximum Gasteiger partial charge on any atom is 0.312 e. The second kappa shape index (κ2) is 8.37. The number of carboxylic acids is 1. The van der Waals surface area contributed by atoms with Crippen LogP contribution in [0.4, 0.5) is 0 Å². The molecule has 4 N–H and O–H groups in total. The molecule has 0 aliphatic heterocycles. The van der Waals surface area contributed by atoms with Gasteiger partial charge in [-0.2, -0.15) is 0 Å². The zero-order valence-electron chi connectivity index (χ0n) is 9.13. The Balaban J connectivity index is 3.91. The van der Waals surface area contributed by atoms with Crippen LogP contribution in [0, 0.1) is 0 Å². The van der Waals surface area contributed by atoms with Gasteiger partial charge in [0.1, 0.15) is 6.04 Å². The van der Waals surface area contributed by atoms with E-state index in [1.165, 1.54) is 0 Å². The van der Waals surface area contributed by atoms with Gasteiger partial charge in [-0.3, -0.25) is 9.79 Å². The minimum Gasteiger partial charge on any atom is -0.481 e. The van der Waals surface area contributed by atoms with Crippen LogP contribution in [0.3, 0.4) is 0 Å². The minimum absolute atomic E-state index is 0.252. The summed E-state index contributed by atoms with van der Waals surface area (Å²) in [6.07, 6.45) is 0.754. The van der Waals surface area contributed by atoms with Gasteiger partial charge >= 0.3 is 5.97 Å². The molecule has 0 unspecified atom stereocenters. The van der Waals surface area contributed by atoms with Crippen molar-refractivity contribution in [3.05, 3.63) is 10.4 Å². The van der Waals surface area contributed by atoms with Gasteiger partial charge in [-0.15, -0.1) is 0 Å². The molecule has 0 aromatic heterocycles. The lowest BCUT2D eigenvalue weighted by atomic mass is 10.2.